The second kappa shape index (κ2) is 5.57. The van der Waals surface area contributed by atoms with Crippen molar-refractivity contribution < 1.29 is 4.74 Å². The zero-order valence-corrected chi connectivity index (χ0v) is 12.3. The Bertz CT molecular complexity index is 1040. The van der Waals surface area contributed by atoms with Gasteiger partial charge in [-0.05, 0) is 35.9 Å². The van der Waals surface area contributed by atoms with E-state index in [2.05, 4.69) is 9.97 Å². The average molecular weight is 302 g/mol. The Morgan fingerprint density at radius 1 is 0.913 bits per heavy atom. The maximum Gasteiger partial charge on any atom is 0.257 e. The Balaban J connectivity index is 1.77. The summed E-state index contributed by atoms with van der Waals surface area (Å²) >= 11 is 0. The molecule has 2 aromatic carbocycles. The Labute approximate surface area is 132 Å². The maximum atomic E-state index is 12.1. The summed E-state index contributed by atoms with van der Waals surface area (Å²) in [6, 6.07) is 19.3. The lowest BCUT2D eigenvalue weighted by Gasteiger charge is -2.08. The summed E-state index contributed by atoms with van der Waals surface area (Å²) in [4.78, 5) is 19.2. The lowest BCUT2D eigenvalue weighted by Crippen LogP contribution is -2.07. The third-order valence-corrected chi connectivity index (χ3v) is 3.81. The van der Waals surface area contributed by atoms with Gasteiger partial charge >= 0.3 is 0 Å². The number of H-pyrrole nitrogens is 1. The zero-order chi connectivity index (χ0) is 15.6. The highest BCUT2D eigenvalue weighted by Gasteiger charge is 2.07. The molecule has 0 aliphatic carbocycles. The summed E-state index contributed by atoms with van der Waals surface area (Å²) in [5.41, 5.74) is 1.55. The highest BCUT2D eigenvalue weighted by atomic mass is 16.5. The molecule has 0 unspecified atom stereocenters. The molecule has 0 amide bonds. The van der Waals surface area contributed by atoms with E-state index in [1.807, 2.05) is 54.6 Å². The fourth-order valence-corrected chi connectivity index (χ4v) is 2.67. The molecule has 4 heteroatoms. The summed E-state index contributed by atoms with van der Waals surface area (Å²) in [5, 5.41) is 2.40. The molecule has 4 nitrogen and oxygen atoms in total. The number of nitrogens with zero attached hydrogens (tertiary/aromatic N) is 1. The predicted molar refractivity (Wildman–Crippen MR) is 90.6 cm³/mol. The molecule has 0 bridgehead atoms. The number of nitrogens with one attached hydrogen (secondary N) is 1. The molecule has 0 saturated carbocycles. The SMILES string of the molecule is O=c1[nH]c2ncccc2c2cc(OCc3ccccc3)ccc12. The Hall–Kier alpha value is -3.14. The van der Waals surface area contributed by atoms with E-state index in [1.165, 1.54) is 0 Å². The number of rotatable bonds is 3. The molecule has 0 radical (unpaired) electrons. The van der Waals surface area contributed by atoms with Crippen molar-refractivity contribution in [1.82, 2.24) is 9.97 Å². The molecule has 0 saturated heterocycles. The Morgan fingerprint density at radius 3 is 2.65 bits per heavy atom. The highest BCUT2D eigenvalue weighted by molar-refractivity contribution is 6.04. The molecule has 4 aromatic rings. The standard InChI is InChI=1S/C19H14N2O2/c22-19-16-9-8-14(23-12-13-5-2-1-3-6-13)11-17(16)15-7-4-10-20-18(15)21-19/h1-11H,12H2,(H,20,21,22). The predicted octanol–water partition coefficient (Wildman–Crippen LogP) is 3.66. The van der Waals surface area contributed by atoms with Gasteiger partial charge in [-0.15, -0.1) is 0 Å². The molecule has 2 aromatic heterocycles. The van der Waals surface area contributed by atoms with Crippen molar-refractivity contribution in [1.29, 1.82) is 0 Å². The van der Waals surface area contributed by atoms with Gasteiger partial charge in [0.25, 0.3) is 5.56 Å². The Morgan fingerprint density at radius 2 is 1.78 bits per heavy atom. The fraction of sp³-hybridized carbons (Fsp3) is 0.0526. The van der Waals surface area contributed by atoms with Crippen LogP contribution in [0, 0.1) is 0 Å². The second-order valence-electron chi connectivity index (χ2n) is 5.34. The molecule has 0 spiro atoms. The summed E-state index contributed by atoms with van der Waals surface area (Å²) in [7, 11) is 0. The number of hydrogen-bond acceptors (Lipinski definition) is 3. The third kappa shape index (κ3) is 2.55. The van der Waals surface area contributed by atoms with E-state index in [1.54, 1.807) is 12.3 Å². The van der Waals surface area contributed by atoms with Gasteiger partial charge < -0.3 is 9.72 Å². The summed E-state index contributed by atoms with van der Waals surface area (Å²) < 4.78 is 5.86. The number of ether oxygens (including phenoxy) is 1. The van der Waals surface area contributed by atoms with E-state index in [0.29, 0.717) is 17.6 Å². The van der Waals surface area contributed by atoms with E-state index in [4.69, 9.17) is 4.74 Å². The van der Waals surface area contributed by atoms with E-state index < -0.39 is 0 Å². The second-order valence-corrected chi connectivity index (χ2v) is 5.34. The molecule has 0 aliphatic heterocycles. The number of hydrogen-bond donors (Lipinski definition) is 1. The van der Waals surface area contributed by atoms with Crippen LogP contribution in [0.25, 0.3) is 21.8 Å². The van der Waals surface area contributed by atoms with Gasteiger partial charge in [-0.1, -0.05) is 30.3 Å². The zero-order valence-electron chi connectivity index (χ0n) is 12.3. The third-order valence-electron chi connectivity index (χ3n) is 3.81. The first-order valence-corrected chi connectivity index (χ1v) is 7.39. The summed E-state index contributed by atoms with van der Waals surface area (Å²) in [6.45, 7) is 0.492. The van der Waals surface area contributed by atoms with Crippen molar-refractivity contribution in [3.05, 3.63) is 82.8 Å². The quantitative estimate of drug-likeness (QED) is 0.588. The smallest absolute Gasteiger partial charge is 0.257 e. The van der Waals surface area contributed by atoms with Gasteiger partial charge in [0.1, 0.15) is 18.0 Å². The van der Waals surface area contributed by atoms with Crippen LogP contribution in [0.5, 0.6) is 5.75 Å². The lowest BCUT2D eigenvalue weighted by molar-refractivity contribution is 0.306. The largest absolute Gasteiger partial charge is 0.489 e. The molecule has 0 atom stereocenters. The summed E-state index contributed by atoms with van der Waals surface area (Å²) in [6.07, 6.45) is 1.67. The Kier molecular flexibility index (Phi) is 3.27. The van der Waals surface area contributed by atoms with Crippen molar-refractivity contribution in [2.24, 2.45) is 0 Å². The molecule has 112 valence electrons. The highest BCUT2D eigenvalue weighted by Crippen LogP contribution is 2.24. The normalized spacial score (nSPS) is 11.0. The van der Waals surface area contributed by atoms with Crippen LogP contribution in [0.3, 0.4) is 0 Å². The van der Waals surface area contributed by atoms with Crippen molar-refractivity contribution in [2.45, 2.75) is 6.61 Å². The molecule has 4 rings (SSSR count). The van der Waals surface area contributed by atoms with E-state index >= 15 is 0 Å². The van der Waals surface area contributed by atoms with E-state index in [-0.39, 0.29) is 5.56 Å². The molecule has 23 heavy (non-hydrogen) atoms. The van der Waals surface area contributed by atoms with Crippen molar-refractivity contribution in [3.63, 3.8) is 0 Å². The van der Waals surface area contributed by atoms with E-state index in [9.17, 15) is 4.79 Å². The van der Waals surface area contributed by atoms with Crippen LogP contribution in [0.4, 0.5) is 0 Å². The van der Waals surface area contributed by atoms with Gasteiger partial charge in [0.2, 0.25) is 0 Å². The topological polar surface area (TPSA) is 55.0 Å². The van der Waals surface area contributed by atoms with Crippen LogP contribution < -0.4 is 10.3 Å². The first-order chi connectivity index (χ1) is 11.3. The van der Waals surface area contributed by atoms with Crippen LogP contribution in [-0.2, 0) is 6.61 Å². The first kappa shape index (κ1) is 13.5. The molecule has 0 fully saturated rings. The molecular formula is C19H14N2O2. The average Bonchev–Trinajstić information content (AvgIpc) is 2.61. The van der Waals surface area contributed by atoms with Crippen LogP contribution in [0.15, 0.2) is 71.7 Å². The summed E-state index contributed by atoms with van der Waals surface area (Å²) in [5.74, 6) is 0.733. The molecule has 1 N–H and O–H groups in total. The molecule has 0 aliphatic rings. The number of benzene rings is 2. The van der Waals surface area contributed by atoms with Gasteiger partial charge in [-0.25, -0.2) is 4.98 Å². The van der Waals surface area contributed by atoms with Gasteiger partial charge in [-0.3, -0.25) is 4.79 Å². The maximum absolute atomic E-state index is 12.1. The number of aromatic amines is 1. The van der Waals surface area contributed by atoms with Gasteiger partial charge in [0.05, 0.1) is 0 Å². The van der Waals surface area contributed by atoms with Crippen molar-refractivity contribution in [2.75, 3.05) is 0 Å². The number of aromatic nitrogens is 2. The minimum atomic E-state index is -0.138. The number of fused-ring (bicyclic) bond motifs is 3. The first-order valence-electron chi connectivity index (χ1n) is 7.39. The monoisotopic (exact) mass is 302 g/mol. The molecular weight excluding hydrogens is 288 g/mol. The van der Waals surface area contributed by atoms with Gasteiger partial charge in [0.15, 0.2) is 0 Å². The van der Waals surface area contributed by atoms with Crippen LogP contribution in [0.1, 0.15) is 5.56 Å². The van der Waals surface area contributed by atoms with Gasteiger partial charge in [0, 0.05) is 22.4 Å². The van der Waals surface area contributed by atoms with Crippen molar-refractivity contribution in [3.8, 4) is 5.75 Å². The van der Waals surface area contributed by atoms with Crippen LogP contribution in [0.2, 0.25) is 0 Å². The number of pyridine rings is 2. The van der Waals surface area contributed by atoms with Crippen LogP contribution in [-0.4, -0.2) is 9.97 Å². The minimum absolute atomic E-state index is 0.138. The van der Waals surface area contributed by atoms with Crippen LogP contribution >= 0.6 is 0 Å². The fourth-order valence-electron chi connectivity index (χ4n) is 2.67. The minimum Gasteiger partial charge on any atom is -0.489 e. The van der Waals surface area contributed by atoms with E-state index in [0.717, 1.165) is 22.1 Å². The lowest BCUT2D eigenvalue weighted by atomic mass is 10.1. The van der Waals surface area contributed by atoms with Crippen molar-refractivity contribution >= 4 is 21.8 Å². The molecule has 2 heterocycles. The van der Waals surface area contributed by atoms with Gasteiger partial charge in [-0.2, -0.15) is 0 Å².